The zero-order valence-electron chi connectivity index (χ0n) is 14.2. The predicted octanol–water partition coefficient (Wildman–Crippen LogP) is 2.26. The number of nitrogens with zero attached hydrogens (tertiary/aromatic N) is 2. The summed E-state index contributed by atoms with van der Waals surface area (Å²) in [7, 11) is 0. The Morgan fingerprint density at radius 1 is 1.04 bits per heavy atom. The number of amides is 2. The highest BCUT2D eigenvalue weighted by Crippen LogP contribution is 2.20. The van der Waals surface area contributed by atoms with Crippen LogP contribution in [-0.4, -0.2) is 47.8 Å². The van der Waals surface area contributed by atoms with E-state index in [1.807, 2.05) is 17.0 Å². The van der Waals surface area contributed by atoms with Crippen molar-refractivity contribution in [1.82, 2.24) is 9.80 Å². The summed E-state index contributed by atoms with van der Waals surface area (Å²) in [5.41, 5.74) is 2.09. The fourth-order valence-corrected chi connectivity index (χ4v) is 3.25. The SMILES string of the molecule is CC(=O)N1CCN(Cc2ccc(NC(=O)C3CC=CC3)cc2)CC1. The molecule has 5 nitrogen and oxygen atoms in total. The van der Waals surface area contributed by atoms with Crippen LogP contribution in [0.15, 0.2) is 36.4 Å². The maximum atomic E-state index is 12.1. The molecule has 0 radical (unpaired) electrons. The molecule has 128 valence electrons. The lowest BCUT2D eigenvalue weighted by atomic mass is 10.1. The van der Waals surface area contributed by atoms with Crippen LogP contribution in [0.3, 0.4) is 0 Å². The third-order valence-electron chi connectivity index (χ3n) is 4.82. The Balaban J connectivity index is 1.48. The summed E-state index contributed by atoms with van der Waals surface area (Å²) < 4.78 is 0. The van der Waals surface area contributed by atoms with Gasteiger partial charge in [-0.25, -0.2) is 0 Å². The maximum absolute atomic E-state index is 12.1. The fraction of sp³-hybridized carbons (Fsp3) is 0.474. The summed E-state index contributed by atoms with van der Waals surface area (Å²) in [5, 5.41) is 3.00. The highest BCUT2D eigenvalue weighted by molar-refractivity contribution is 5.93. The molecule has 0 bridgehead atoms. The number of carbonyl (C=O) groups excluding carboxylic acids is 2. The van der Waals surface area contributed by atoms with E-state index < -0.39 is 0 Å². The molecule has 24 heavy (non-hydrogen) atoms. The Bertz CT molecular complexity index is 608. The number of allylic oxidation sites excluding steroid dienone is 2. The highest BCUT2D eigenvalue weighted by atomic mass is 16.2. The van der Waals surface area contributed by atoms with Crippen molar-refractivity contribution in [2.75, 3.05) is 31.5 Å². The molecule has 2 aliphatic rings. The van der Waals surface area contributed by atoms with Gasteiger partial charge in [-0.1, -0.05) is 24.3 Å². The predicted molar refractivity (Wildman–Crippen MR) is 94.5 cm³/mol. The monoisotopic (exact) mass is 327 g/mol. The van der Waals surface area contributed by atoms with E-state index in [1.165, 1.54) is 5.56 Å². The third kappa shape index (κ3) is 4.23. The van der Waals surface area contributed by atoms with Crippen molar-refractivity contribution >= 4 is 17.5 Å². The number of piperazine rings is 1. The molecular weight excluding hydrogens is 302 g/mol. The summed E-state index contributed by atoms with van der Waals surface area (Å²) in [5.74, 6) is 0.350. The van der Waals surface area contributed by atoms with Gasteiger partial charge in [-0.05, 0) is 30.5 Å². The van der Waals surface area contributed by atoms with Crippen molar-refractivity contribution in [3.63, 3.8) is 0 Å². The largest absolute Gasteiger partial charge is 0.340 e. The van der Waals surface area contributed by atoms with E-state index in [0.29, 0.717) is 0 Å². The van der Waals surface area contributed by atoms with Gasteiger partial charge in [0.1, 0.15) is 0 Å². The molecule has 1 heterocycles. The van der Waals surface area contributed by atoms with E-state index in [4.69, 9.17) is 0 Å². The minimum atomic E-state index is 0.0854. The van der Waals surface area contributed by atoms with E-state index in [9.17, 15) is 9.59 Å². The van der Waals surface area contributed by atoms with Crippen molar-refractivity contribution in [1.29, 1.82) is 0 Å². The van der Waals surface area contributed by atoms with Crippen LogP contribution in [0, 0.1) is 5.92 Å². The van der Waals surface area contributed by atoms with Crippen LogP contribution in [0.4, 0.5) is 5.69 Å². The van der Waals surface area contributed by atoms with E-state index in [1.54, 1.807) is 6.92 Å². The molecule has 1 aliphatic heterocycles. The molecule has 1 aromatic rings. The second-order valence-electron chi connectivity index (χ2n) is 6.61. The first-order chi connectivity index (χ1) is 11.6. The number of hydrogen-bond donors (Lipinski definition) is 1. The molecule has 0 unspecified atom stereocenters. The minimum absolute atomic E-state index is 0.0854. The Hall–Kier alpha value is -2.14. The van der Waals surface area contributed by atoms with Gasteiger partial charge < -0.3 is 10.2 Å². The molecule has 2 amide bonds. The summed E-state index contributed by atoms with van der Waals surface area (Å²) in [6.07, 6.45) is 5.82. The average molecular weight is 327 g/mol. The molecule has 1 fully saturated rings. The first-order valence-electron chi connectivity index (χ1n) is 8.64. The van der Waals surface area contributed by atoms with Gasteiger partial charge in [0.05, 0.1) is 0 Å². The van der Waals surface area contributed by atoms with E-state index in [0.717, 1.165) is 51.3 Å². The number of carbonyl (C=O) groups is 2. The van der Waals surface area contributed by atoms with Gasteiger partial charge in [0.15, 0.2) is 0 Å². The molecule has 5 heteroatoms. The van der Waals surface area contributed by atoms with Crippen LogP contribution < -0.4 is 5.32 Å². The van der Waals surface area contributed by atoms with Gasteiger partial charge in [0, 0.05) is 51.3 Å². The number of anilines is 1. The van der Waals surface area contributed by atoms with Crippen LogP contribution in [0.2, 0.25) is 0 Å². The van der Waals surface area contributed by atoms with Gasteiger partial charge >= 0.3 is 0 Å². The van der Waals surface area contributed by atoms with E-state index in [2.05, 4.69) is 34.5 Å². The Morgan fingerprint density at radius 2 is 1.67 bits per heavy atom. The molecule has 3 rings (SSSR count). The normalized spacial score (nSPS) is 18.8. The first kappa shape index (κ1) is 16.7. The lowest BCUT2D eigenvalue weighted by molar-refractivity contribution is -0.130. The molecule has 0 saturated carbocycles. The molecule has 1 N–H and O–H groups in total. The number of hydrogen-bond acceptors (Lipinski definition) is 3. The van der Waals surface area contributed by atoms with Gasteiger partial charge in [-0.3, -0.25) is 14.5 Å². The Labute approximate surface area is 143 Å². The standard InChI is InChI=1S/C19H25N3O2/c1-15(23)22-12-10-21(11-13-22)14-16-6-8-18(9-7-16)20-19(24)17-4-2-3-5-17/h2-3,6-9,17H,4-5,10-14H2,1H3,(H,20,24). The summed E-state index contributed by atoms with van der Waals surface area (Å²) in [4.78, 5) is 27.7. The molecule has 0 aromatic heterocycles. The third-order valence-corrected chi connectivity index (χ3v) is 4.82. The van der Waals surface area contributed by atoms with Crippen molar-refractivity contribution in [3.05, 3.63) is 42.0 Å². The lowest BCUT2D eigenvalue weighted by Crippen LogP contribution is -2.47. The minimum Gasteiger partial charge on any atom is -0.340 e. The first-order valence-corrected chi connectivity index (χ1v) is 8.64. The molecule has 1 aliphatic carbocycles. The summed E-state index contributed by atoms with van der Waals surface area (Å²) >= 11 is 0. The Kier molecular flexibility index (Phi) is 5.30. The summed E-state index contributed by atoms with van der Waals surface area (Å²) in [6.45, 7) is 5.94. The van der Waals surface area contributed by atoms with Gasteiger partial charge in [-0.2, -0.15) is 0 Å². The topological polar surface area (TPSA) is 52.7 Å². The molecular formula is C19H25N3O2. The number of nitrogens with one attached hydrogen (secondary N) is 1. The van der Waals surface area contributed by atoms with Gasteiger partial charge in [-0.15, -0.1) is 0 Å². The molecule has 1 aromatic carbocycles. The average Bonchev–Trinajstić information content (AvgIpc) is 3.12. The lowest BCUT2D eigenvalue weighted by Gasteiger charge is -2.34. The molecule has 0 atom stereocenters. The Morgan fingerprint density at radius 3 is 2.25 bits per heavy atom. The van der Waals surface area contributed by atoms with Crippen molar-refractivity contribution in [2.24, 2.45) is 5.92 Å². The maximum Gasteiger partial charge on any atom is 0.228 e. The van der Waals surface area contributed by atoms with Crippen molar-refractivity contribution < 1.29 is 9.59 Å². The van der Waals surface area contributed by atoms with Gasteiger partial charge in [0.25, 0.3) is 0 Å². The van der Waals surface area contributed by atoms with Crippen LogP contribution in [0.5, 0.6) is 0 Å². The quantitative estimate of drug-likeness (QED) is 0.863. The second kappa shape index (κ2) is 7.62. The zero-order chi connectivity index (χ0) is 16.9. The van der Waals surface area contributed by atoms with Crippen LogP contribution in [0.25, 0.3) is 0 Å². The van der Waals surface area contributed by atoms with Gasteiger partial charge in [0.2, 0.25) is 11.8 Å². The van der Waals surface area contributed by atoms with Crippen molar-refractivity contribution in [2.45, 2.75) is 26.3 Å². The fourth-order valence-electron chi connectivity index (χ4n) is 3.25. The smallest absolute Gasteiger partial charge is 0.228 e. The molecule has 1 saturated heterocycles. The van der Waals surface area contributed by atoms with Crippen LogP contribution >= 0.6 is 0 Å². The number of benzene rings is 1. The number of rotatable bonds is 4. The zero-order valence-corrected chi connectivity index (χ0v) is 14.2. The summed E-state index contributed by atoms with van der Waals surface area (Å²) in [6, 6.07) is 8.09. The van der Waals surface area contributed by atoms with E-state index in [-0.39, 0.29) is 17.7 Å². The second-order valence-corrected chi connectivity index (χ2v) is 6.61. The van der Waals surface area contributed by atoms with Crippen LogP contribution in [-0.2, 0) is 16.1 Å². The highest BCUT2D eigenvalue weighted by Gasteiger charge is 2.20. The van der Waals surface area contributed by atoms with Crippen LogP contribution in [0.1, 0.15) is 25.3 Å². The molecule has 0 spiro atoms. The van der Waals surface area contributed by atoms with E-state index >= 15 is 0 Å². The van der Waals surface area contributed by atoms with Crippen molar-refractivity contribution in [3.8, 4) is 0 Å².